The average Bonchev–Trinajstić information content (AvgIpc) is 2.75. The van der Waals surface area contributed by atoms with E-state index in [0.29, 0.717) is 17.0 Å². The van der Waals surface area contributed by atoms with Crippen molar-refractivity contribution < 1.29 is 27.8 Å². The van der Waals surface area contributed by atoms with E-state index in [1.165, 1.54) is 37.3 Å². The molecule has 0 spiro atoms. The standard InChI is InChI=1S/C22H19ClF2N2O4/c1-14(28)27(12-15-10-17(29-2)6-8-20(15)30-13-24)19-4-3-9-26-22(19)31-21-7-5-16(23)11-18(21)25/h3-11H,12-13H2,1-2H3. The zero-order valence-corrected chi connectivity index (χ0v) is 17.5. The number of anilines is 1. The number of carbonyl (C=O) groups is 1. The van der Waals surface area contributed by atoms with Crippen LogP contribution < -0.4 is 19.1 Å². The van der Waals surface area contributed by atoms with Crippen LogP contribution in [0.1, 0.15) is 12.5 Å². The van der Waals surface area contributed by atoms with Gasteiger partial charge in [0.25, 0.3) is 0 Å². The summed E-state index contributed by atoms with van der Waals surface area (Å²) >= 11 is 5.79. The topological polar surface area (TPSA) is 60.9 Å². The number of nitrogens with zero attached hydrogens (tertiary/aromatic N) is 2. The van der Waals surface area contributed by atoms with Crippen molar-refractivity contribution in [2.75, 3.05) is 18.9 Å². The number of hydrogen-bond acceptors (Lipinski definition) is 5. The number of alkyl halides is 1. The van der Waals surface area contributed by atoms with E-state index >= 15 is 0 Å². The summed E-state index contributed by atoms with van der Waals surface area (Å²) in [6, 6.07) is 12.0. The average molecular weight is 449 g/mol. The zero-order chi connectivity index (χ0) is 22.4. The highest BCUT2D eigenvalue weighted by atomic mass is 35.5. The number of benzene rings is 2. The van der Waals surface area contributed by atoms with Gasteiger partial charge in [-0.05, 0) is 48.5 Å². The van der Waals surface area contributed by atoms with Gasteiger partial charge < -0.3 is 19.1 Å². The van der Waals surface area contributed by atoms with E-state index in [1.54, 1.807) is 30.3 Å². The lowest BCUT2D eigenvalue weighted by Crippen LogP contribution is -2.28. The fraction of sp³-hybridized carbons (Fsp3) is 0.182. The molecular formula is C22H19ClF2N2O4. The maximum atomic E-state index is 14.2. The van der Waals surface area contributed by atoms with Gasteiger partial charge in [-0.25, -0.2) is 13.8 Å². The van der Waals surface area contributed by atoms with E-state index < -0.39 is 12.7 Å². The van der Waals surface area contributed by atoms with E-state index in [-0.39, 0.29) is 34.9 Å². The molecule has 3 rings (SSSR count). The normalized spacial score (nSPS) is 10.5. The van der Waals surface area contributed by atoms with Gasteiger partial charge >= 0.3 is 0 Å². The van der Waals surface area contributed by atoms with Crippen LogP contribution in [0.25, 0.3) is 0 Å². The third-order valence-corrected chi connectivity index (χ3v) is 4.56. The molecule has 1 aromatic heterocycles. The molecule has 0 N–H and O–H groups in total. The minimum absolute atomic E-state index is 0.00696. The molecule has 0 bridgehead atoms. The summed E-state index contributed by atoms with van der Waals surface area (Å²) in [6.45, 7) is 0.332. The molecule has 0 aliphatic carbocycles. The third kappa shape index (κ3) is 5.40. The molecule has 0 saturated carbocycles. The summed E-state index contributed by atoms with van der Waals surface area (Å²) < 4.78 is 42.9. The number of hydrogen-bond donors (Lipinski definition) is 0. The zero-order valence-electron chi connectivity index (χ0n) is 16.8. The summed E-state index contributed by atoms with van der Waals surface area (Å²) in [7, 11) is 1.49. The van der Waals surface area contributed by atoms with Gasteiger partial charge in [-0.2, -0.15) is 0 Å². The van der Waals surface area contributed by atoms with Crippen LogP contribution in [0.15, 0.2) is 54.7 Å². The number of methoxy groups -OCH3 is 1. The van der Waals surface area contributed by atoms with Crippen molar-refractivity contribution in [2.24, 2.45) is 0 Å². The molecule has 0 radical (unpaired) electrons. The van der Waals surface area contributed by atoms with Gasteiger partial charge in [0.1, 0.15) is 17.2 Å². The van der Waals surface area contributed by atoms with Gasteiger partial charge in [-0.3, -0.25) is 4.79 Å². The first-order valence-corrected chi connectivity index (χ1v) is 9.52. The molecule has 3 aromatic rings. The Bertz CT molecular complexity index is 1080. The maximum Gasteiger partial charge on any atom is 0.243 e. The van der Waals surface area contributed by atoms with Gasteiger partial charge in [0.2, 0.25) is 18.6 Å². The SMILES string of the molecule is COc1ccc(OCF)c(CN(C(C)=O)c2cccnc2Oc2ccc(Cl)cc2F)c1. The Morgan fingerprint density at radius 1 is 1.16 bits per heavy atom. The Hall–Kier alpha value is -3.39. The fourth-order valence-corrected chi connectivity index (χ4v) is 3.03. The second kappa shape index (κ2) is 10.1. The summed E-state index contributed by atoms with van der Waals surface area (Å²) in [4.78, 5) is 18.0. The minimum atomic E-state index is -1.03. The highest BCUT2D eigenvalue weighted by Gasteiger charge is 2.21. The first-order valence-electron chi connectivity index (χ1n) is 9.14. The van der Waals surface area contributed by atoms with Gasteiger partial charge in [0, 0.05) is 23.7 Å². The van der Waals surface area contributed by atoms with E-state index in [9.17, 15) is 13.6 Å². The van der Waals surface area contributed by atoms with E-state index in [4.69, 9.17) is 25.8 Å². The summed E-state index contributed by atoms with van der Waals surface area (Å²) in [6.07, 6.45) is 1.45. The Balaban J connectivity index is 1.99. The van der Waals surface area contributed by atoms with Crippen LogP contribution in [-0.4, -0.2) is 24.9 Å². The van der Waals surface area contributed by atoms with Crippen molar-refractivity contribution in [1.82, 2.24) is 4.98 Å². The highest BCUT2D eigenvalue weighted by molar-refractivity contribution is 6.30. The van der Waals surface area contributed by atoms with E-state index in [1.807, 2.05) is 0 Å². The number of rotatable bonds is 8. The highest BCUT2D eigenvalue weighted by Crippen LogP contribution is 2.34. The van der Waals surface area contributed by atoms with E-state index in [0.717, 1.165) is 6.07 Å². The molecule has 0 unspecified atom stereocenters. The van der Waals surface area contributed by atoms with Crippen LogP contribution in [-0.2, 0) is 11.3 Å². The molecule has 162 valence electrons. The molecule has 0 saturated heterocycles. The maximum absolute atomic E-state index is 14.2. The predicted molar refractivity (Wildman–Crippen MR) is 112 cm³/mol. The summed E-state index contributed by atoms with van der Waals surface area (Å²) in [5.41, 5.74) is 0.790. The van der Waals surface area contributed by atoms with Crippen molar-refractivity contribution in [3.05, 3.63) is 71.1 Å². The van der Waals surface area contributed by atoms with Crippen LogP contribution in [0.3, 0.4) is 0 Å². The monoisotopic (exact) mass is 448 g/mol. The van der Waals surface area contributed by atoms with Gasteiger partial charge in [0.05, 0.1) is 13.7 Å². The number of halogens is 3. The van der Waals surface area contributed by atoms with Crippen molar-refractivity contribution in [2.45, 2.75) is 13.5 Å². The van der Waals surface area contributed by atoms with Crippen LogP contribution in [0, 0.1) is 5.82 Å². The minimum Gasteiger partial charge on any atom is -0.497 e. The number of aromatic nitrogens is 1. The van der Waals surface area contributed by atoms with Gasteiger partial charge in [-0.1, -0.05) is 11.6 Å². The van der Waals surface area contributed by atoms with Crippen molar-refractivity contribution in [3.63, 3.8) is 0 Å². The second-order valence-corrected chi connectivity index (χ2v) is 6.77. The molecule has 1 heterocycles. The predicted octanol–water partition coefficient (Wildman–Crippen LogP) is 5.53. The lowest BCUT2D eigenvalue weighted by Gasteiger charge is -2.24. The summed E-state index contributed by atoms with van der Waals surface area (Å²) in [5.74, 6) is -0.348. The van der Waals surface area contributed by atoms with Gasteiger partial charge in [-0.15, -0.1) is 0 Å². The molecule has 1 amide bonds. The molecule has 0 aliphatic heterocycles. The number of carbonyl (C=O) groups excluding carboxylic acids is 1. The molecule has 2 aromatic carbocycles. The number of ether oxygens (including phenoxy) is 3. The Kier molecular flexibility index (Phi) is 7.25. The molecule has 0 aliphatic rings. The molecule has 31 heavy (non-hydrogen) atoms. The fourth-order valence-electron chi connectivity index (χ4n) is 2.87. The molecule has 6 nitrogen and oxygen atoms in total. The smallest absolute Gasteiger partial charge is 0.243 e. The van der Waals surface area contributed by atoms with Crippen molar-refractivity contribution in [1.29, 1.82) is 0 Å². The van der Waals surface area contributed by atoms with Crippen molar-refractivity contribution >= 4 is 23.2 Å². The lowest BCUT2D eigenvalue weighted by molar-refractivity contribution is -0.116. The quantitative estimate of drug-likeness (QED) is 0.453. The van der Waals surface area contributed by atoms with Gasteiger partial charge in [0.15, 0.2) is 11.6 Å². The van der Waals surface area contributed by atoms with Crippen LogP contribution in [0.5, 0.6) is 23.1 Å². The Morgan fingerprint density at radius 3 is 2.61 bits per heavy atom. The van der Waals surface area contributed by atoms with Crippen LogP contribution in [0.4, 0.5) is 14.5 Å². The van der Waals surface area contributed by atoms with E-state index in [2.05, 4.69) is 4.98 Å². The lowest BCUT2D eigenvalue weighted by atomic mass is 10.1. The van der Waals surface area contributed by atoms with Crippen LogP contribution >= 0.6 is 11.6 Å². The first kappa shape index (κ1) is 22.3. The molecule has 9 heteroatoms. The number of amides is 1. The molecule has 0 fully saturated rings. The Labute approximate surface area is 182 Å². The molecular weight excluding hydrogens is 430 g/mol. The molecule has 0 atom stereocenters. The number of pyridine rings is 1. The first-order chi connectivity index (χ1) is 14.9. The van der Waals surface area contributed by atoms with Crippen LogP contribution in [0.2, 0.25) is 5.02 Å². The second-order valence-electron chi connectivity index (χ2n) is 6.34. The Morgan fingerprint density at radius 2 is 1.94 bits per heavy atom. The third-order valence-electron chi connectivity index (χ3n) is 4.33. The van der Waals surface area contributed by atoms with Crippen molar-refractivity contribution in [3.8, 4) is 23.1 Å². The largest absolute Gasteiger partial charge is 0.497 e. The summed E-state index contributed by atoms with van der Waals surface area (Å²) in [5, 5.41) is 0.217.